The van der Waals surface area contributed by atoms with E-state index in [0.717, 1.165) is 0 Å². The van der Waals surface area contributed by atoms with E-state index in [1.54, 1.807) is 14.0 Å². The van der Waals surface area contributed by atoms with Crippen LogP contribution in [0.15, 0.2) is 12.2 Å². The molecule has 1 N–H and O–H groups in total. The van der Waals surface area contributed by atoms with Gasteiger partial charge in [-0.3, -0.25) is 9.59 Å². The van der Waals surface area contributed by atoms with Crippen LogP contribution in [0.5, 0.6) is 0 Å². The number of carbonyl (C=O) groups is 2. The van der Waals surface area contributed by atoms with Gasteiger partial charge in [-0.15, -0.1) is 0 Å². The third kappa shape index (κ3) is 6.96. The monoisotopic (exact) mass is 345 g/mol. The van der Waals surface area contributed by atoms with Crippen LogP contribution >= 0.6 is 0 Å². The van der Waals surface area contributed by atoms with E-state index in [-0.39, 0.29) is 38.5 Å². The fourth-order valence-corrected chi connectivity index (χ4v) is 2.24. The van der Waals surface area contributed by atoms with Gasteiger partial charge in [-0.25, -0.2) is 0 Å². The largest absolute Gasteiger partial charge is 0.466 e. The van der Waals surface area contributed by atoms with Gasteiger partial charge in [-0.1, -0.05) is 0 Å². The zero-order chi connectivity index (χ0) is 17.8. The molecule has 0 spiro atoms. The Kier molecular flexibility index (Phi) is 9.55. The molecule has 0 saturated carbocycles. The number of hydrogen-bond acceptors (Lipinski definition) is 7. The Labute approximate surface area is 142 Å². The number of amides is 1. The van der Waals surface area contributed by atoms with E-state index in [9.17, 15) is 14.7 Å². The van der Waals surface area contributed by atoms with Crippen molar-refractivity contribution < 1.29 is 33.6 Å². The summed E-state index contributed by atoms with van der Waals surface area (Å²) in [4.78, 5) is 24.6. The third-order valence-corrected chi connectivity index (χ3v) is 3.49. The maximum Gasteiger partial charge on any atom is 0.305 e. The number of methoxy groups -OCH3 is 1. The van der Waals surface area contributed by atoms with Gasteiger partial charge < -0.3 is 29.0 Å². The van der Waals surface area contributed by atoms with Gasteiger partial charge in [0.05, 0.1) is 46.1 Å². The topological polar surface area (TPSA) is 94.5 Å². The summed E-state index contributed by atoms with van der Waals surface area (Å²) in [7, 11) is 1.60. The molecule has 1 unspecified atom stereocenters. The highest BCUT2D eigenvalue weighted by Crippen LogP contribution is 2.26. The fraction of sp³-hybridized carbons (Fsp3) is 0.750. The molecule has 0 saturated heterocycles. The second-order valence-corrected chi connectivity index (χ2v) is 5.22. The Morgan fingerprint density at radius 2 is 1.88 bits per heavy atom. The molecular formula is C16H27NO7. The Hall–Kier alpha value is -1.48. The van der Waals surface area contributed by atoms with Crippen molar-refractivity contribution in [2.24, 2.45) is 0 Å². The van der Waals surface area contributed by atoms with Crippen LogP contribution in [-0.2, 0) is 28.5 Å². The van der Waals surface area contributed by atoms with Gasteiger partial charge in [-0.05, 0) is 13.0 Å². The van der Waals surface area contributed by atoms with Crippen molar-refractivity contribution in [2.45, 2.75) is 25.5 Å². The summed E-state index contributed by atoms with van der Waals surface area (Å²) < 4.78 is 20.3. The first-order valence-electron chi connectivity index (χ1n) is 8.06. The second-order valence-electron chi connectivity index (χ2n) is 5.22. The van der Waals surface area contributed by atoms with E-state index < -0.39 is 11.7 Å². The van der Waals surface area contributed by atoms with Crippen molar-refractivity contribution in [3.63, 3.8) is 0 Å². The van der Waals surface area contributed by atoms with E-state index in [1.807, 2.05) is 0 Å². The lowest BCUT2D eigenvalue weighted by Gasteiger charge is -2.33. The van der Waals surface area contributed by atoms with Gasteiger partial charge in [0, 0.05) is 26.2 Å². The first-order chi connectivity index (χ1) is 11.5. The number of ether oxygens (including phenoxy) is 4. The minimum atomic E-state index is -1.47. The molecule has 24 heavy (non-hydrogen) atoms. The Morgan fingerprint density at radius 3 is 2.54 bits per heavy atom. The molecule has 0 aliphatic carbocycles. The first-order valence-corrected chi connectivity index (χ1v) is 8.06. The standard InChI is InChI=1S/C16H27NO7/c1-3-24-15(19)5-7-16(20)6-4-14(18)17(16)8-9-22-12-13-23-11-10-21-2/h4,6,20H,3,5,7-13H2,1-2H3. The molecule has 8 nitrogen and oxygen atoms in total. The van der Waals surface area contributed by atoms with Crippen molar-refractivity contribution in [3.8, 4) is 0 Å². The predicted molar refractivity (Wildman–Crippen MR) is 85.2 cm³/mol. The highest BCUT2D eigenvalue weighted by Gasteiger charge is 2.39. The summed E-state index contributed by atoms with van der Waals surface area (Å²) in [6.07, 6.45) is 2.84. The molecule has 1 atom stereocenters. The average molecular weight is 345 g/mol. The molecule has 1 rings (SSSR count). The van der Waals surface area contributed by atoms with Gasteiger partial charge in [0.1, 0.15) is 0 Å². The van der Waals surface area contributed by atoms with Crippen molar-refractivity contribution in [1.29, 1.82) is 0 Å². The number of hydrogen-bond donors (Lipinski definition) is 1. The van der Waals surface area contributed by atoms with Gasteiger partial charge in [0.2, 0.25) is 5.91 Å². The zero-order valence-corrected chi connectivity index (χ0v) is 14.4. The normalized spacial score (nSPS) is 20.0. The molecule has 0 radical (unpaired) electrons. The van der Waals surface area contributed by atoms with E-state index in [0.29, 0.717) is 26.4 Å². The summed E-state index contributed by atoms with van der Waals surface area (Å²) in [6.45, 7) is 4.35. The number of rotatable bonds is 13. The van der Waals surface area contributed by atoms with Crippen molar-refractivity contribution >= 4 is 11.9 Å². The van der Waals surface area contributed by atoms with Gasteiger partial charge in [0.15, 0.2) is 5.72 Å². The quantitative estimate of drug-likeness (QED) is 0.373. The van der Waals surface area contributed by atoms with Crippen LogP contribution in [-0.4, -0.2) is 80.9 Å². The van der Waals surface area contributed by atoms with Gasteiger partial charge in [-0.2, -0.15) is 0 Å². The van der Waals surface area contributed by atoms with Crippen LogP contribution in [0.1, 0.15) is 19.8 Å². The number of carbonyl (C=O) groups excluding carboxylic acids is 2. The van der Waals surface area contributed by atoms with Crippen LogP contribution in [0.2, 0.25) is 0 Å². The molecule has 1 aliphatic rings. The van der Waals surface area contributed by atoms with Crippen LogP contribution < -0.4 is 0 Å². The van der Waals surface area contributed by atoms with E-state index in [4.69, 9.17) is 18.9 Å². The molecule has 0 bridgehead atoms. The highest BCUT2D eigenvalue weighted by molar-refractivity contribution is 5.91. The van der Waals surface area contributed by atoms with Crippen molar-refractivity contribution in [2.75, 3.05) is 53.3 Å². The maximum atomic E-state index is 11.9. The van der Waals surface area contributed by atoms with E-state index >= 15 is 0 Å². The summed E-state index contributed by atoms with van der Waals surface area (Å²) in [6, 6.07) is 0. The Morgan fingerprint density at radius 1 is 1.21 bits per heavy atom. The molecule has 0 fully saturated rings. The lowest BCUT2D eigenvalue weighted by Crippen LogP contribution is -2.48. The predicted octanol–water partition coefficient (Wildman–Crippen LogP) is 0.0963. The Balaban J connectivity index is 2.28. The molecule has 1 aliphatic heterocycles. The van der Waals surface area contributed by atoms with Crippen LogP contribution in [0.4, 0.5) is 0 Å². The smallest absolute Gasteiger partial charge is 0.305 e. The molecule has 1 amide bonds. The highest BCUT2D eigenvalue weighted by atomic mass is 16.5. The summed E-state index contributed by atoms with van der Waals surface area (Å²) in [5.41, 5.74) is -1.47. The number of esters is 1. The fourth-order valence-electron chi connectivity index (χ4n) is 2.24. The molecular weight excluding hydrogens is 318 g/mol. The lowest BCUT2D eigenvalue weighted by atomic mass is 10.1. The summed E-state index contributed by atoms with van der Waals surface area (Å²) in [5.74, 6) is -0.704. The van der Waals surface area contributed by atoms with E-state index in [2.05, 4.69) is 0 Å². The molecule has 0 aromatic heterocycles. The minimum Gasteiger partial charge on any atom is -0.466 e. The molecule has 0 aromatic rings. The summed E-state index contributed by atoms with van der Waals surface area (Å²) >= 11 is 0. The minimum absolute atomic E-state index is 0.0344. The molecule has 1 heterocycles. The maximum absolute atomic E-state index is 11.9. The summed E-state index contributed by atoms with van der Waals surface area (Å²) in [5, 5.41) is 10.6. The van der Waals surface area contributed by atoms with Crippen LogP contribution in [0, 0.1) is 0 Å². The molecule has 138 valence electrons. The SMILES string of the molecule is CCOC(=O)CCC1(O)C=CC(=O)N1CCOCCOCCOC. The molecule has 0 aromatic carbocycles. The van der Waals surface area contributed by atoms with E-state index in [1.165, 1.54) is 17.1 Å². The Bertz CT molecular complexity index is 427. The van der Waals surface area contributed by atoms with Crippen LogP contribution in [0.3, 0.4) is 0 Å². The second kappa shape index (κ2) is 11.1. The number of aliphatic hydroxyl groups is 1. The first kappa shape index (κ1) is 20.6. The van der Waals surface area contributed by atoms with Crippen molar-refractivity contribution in [1.82, 2.24) is 4.90 Å². The third-order valence-electron chi connectivity index (χ3n) is 3.49. The van der Waals surface area contributed by atoms with Crippen LogP contribution in [0.25, 0.3) is 0 Å². The lowest BCUT2D eigenvalue weighted by molar-refractivity contribution is -0.152. The molecule has 8 heteroatoms. The average Bonchev–Trinajstić information content (AvgIpc) is 2.84. The zero-order valence-electron chi connectivity index (χ0n) is 14.4. The van der Waals surface area contributed by atoms with Gasteiger partial charge >= 0.3 is 5.97 Å². The van der Waals surface area contributed by atoms with Gasteiger partial charge in [0.25, 0.3) is 0 Å². The number of nitrogens with zero attached hydrogens (tertiary/aromatic N) is 1. The van der Waals surface area contributed by atoms with Crippen molar-refractivity contribution in [3.05, 3.63) is 12.2 Å².